The van der Waals surface area contributed by atoms with Gasteiger partial charge in [0.1, 0.15) is 0 Å². The summed E-state index contributed by atoms with van der Waals surface area (Å²) in [5, 5.41) is 10.4. The molecule has 2 rings (SSSR count). The van der Waals surface area contributed by atoms with E-state index in [-0.39, 0.29) is 5.60 Å². The number of likely N-dealkylation sites (tertiary alicyclic amines) is 1. The molecule has 0 bridgehead atoms. The zero-order valence-electron chi connectivity index (χ0n) is 8.63. The summed E-state index contributed by atoms with van der Waals surface area (Å²) in [6.45, 7) is 5.68. The fraction of sp³-hybridized carbons (Fsp3) is 1.00. The first-order chi connectivity index (χ1) is 6.24. The third-order valence-corrected chi connectivity index (χ3v) is 3.95. The molecule has 2 heteroatoms. The van der Waals surface area contributed by atoms with Crippen molar-refractivity contribution in [3.05, 3.63) is 0 Å². The maximum absolute atomic E-state index is 10.4. The predicted molar refractivity (Wildman–Crippen MR) is 53.6 cm³/mol. The average Bonchev–Trinajstić information content (AvgIpc) is 2.72. The Morgan fingerprint density at radius 1 is 1.38 bits per heavy atom. The lowest BCUT2D eigenvalue weighted by molar-refractivity contribution is -0.00816. The van der Waals surface area contributed by atoms with Gasteiger partial charge in [0.05, 0.1) is 5.60 Å². The van der Waals surface area contributed by atoms with Gasteiger partial charge < -0.3 is 10.0 Å². The van der Waals surface area contributed by atoms with Gasteiger partial charge in [-0.25, -0.2) is 0 Å². The molecule has 0 amide bonds. The van der Waals surface area contributed by atoms with Gasteiger partial charge in [0.15, 0.2) is 0 Å². The Bertz CT molecular complexity index is 175. The molecular formula is C11H21NO. The summed E-state index contributed by atoms with van der Waals surface area (Å²) in [5.74, 6) is 0.565. The fourth-order valence-electron chi connectivity index (χ4n) is 2.95. The second-order valence-corrected chi connectivity index (χ2v) is 4.69. The van der Waals surface area contributed by atoms with E-state index in [0.717, 1.165) is 25.9 Å². The van der Waals surface area contributed by atoms with Gasteiger partial charge in [-0.15, -0.1) is 0 Å². The SMILES string of the molecule is CCN1CCC(C2(O)CCCC2)C1. The molecule has 0 aromatic carbocycles. The smallest absolute Gasteiger partial charge is 0.0688 e. The highest BCUT2D eigenvalue weighted by atomic mass is 16.3. The van der Waals surface area contributed by atoms with Gasteiger partial charge in [-0.05, 0) is 32.4 Å². The molecule has 0 aromatic rings. The normalized spacial score (nSPS) is 34.2. The highest BCUT2D eigenvalue weighted by Crippen LogP contribution is 2.39. The number of nitrogens with zero attached hydrogens (tertiary/aromatic N) is 1. The summed E-state index contributed by atoms with van der Waals surface area (Å²) < 4.78 is 0. The van der Waals surface area contributed by atoms with Crippen LogP contribution in [-0.4, -0.2) is 35.2 Å². The third-order valence-electron chi connectivity index (χ3n) is 3.95. The van der Waals surface area contributed by atoms with Gasteiger partial charge in [-0.3, -0.25) is 0 Å². The first kappa shape index (κ1) is 9.47. The second-order valence-electron chi connectivity index (χ2n) is 4.69. The molecule has 1 aliphatic heterocycles. The fourth-order valence-corrected chi connectivity index (χ4v) is 2.95. The summed E-state index contributed by atoms with van der Waals surface area (Å²) in [5.41, 5.74) is -0.288. The van der Waals surface area contributed by atoms with Crippen molar-refractivity contribution in [2.24, 2.45) is 5.92 Å². The summed E-state index contributed by atoms with van der Waals surface area (Å²) in [6, 6.07) is 0. The summed E-state index contributed by atoms with van der Waals surface area (Å²) in [7, 11) is 0. The quantitative estimate of drug-likeness (QED) is 0.703. The van der Waals surface area contributed by atoms with Crippen molar-refractivity contribution in [3.8, 4) is 0 Å². The maximum atomic E-state index is 10.4. The monoisotopic (exact) mass is 183 g/mol. The summed E-state index contributed by atoms with van der Waals surface area (Å²) in [4.78, 5) is 2.46. The van der Waals surface area contributed by atoms with E-state index in [0.29, 0.717) is 5.92 Å². The van der Waals surface area contributed by atoms with Crippen LogP contribution in [0.4, 0.5) is 0 Å². The molecule has 1 N–H and O–H groups in total. The lowest BCUT2D eigenvalue weighted by Crippen LogP contribution is -2.36. The molecule has 2 aliphatic rings. The van der Waals surface area contributed by atoms with Crippen LogP contribution in [0, 0.1) is 5.92 Å². The minimum absolute atomic E-state index is 0.288. The summed E-state index contributed by atoms with van der Waals surface area (Å²) >= 11 is 0. The minimum Gasteiger partial charge on any atom is -0.390 e. The van der Waals surface area contributed by atoms with Crippen LogP contribution in [0.25, 0.3) is 0 Å². The molecule has 76 valence electrons. The molecule has 2 fully saturated rings. The Labute approximate surface area is 80.9 Å². The van der Waals surface area contributed by atoms with Crippen LogP contribution in [0.1, 0.15) is 39.0 Å². The van der Waals surface area contributed by atoms with Crippen LogP contribution < -0.4 is 0 Å². The maximum Gasteiger partial charge on any atom is 0.0688 e. The molecular weight excluding hydrogens is 162 g/mol. The molecule has 0 radical (unpaired) electrons. The van der Waals surface area contributed by atoms with E-state index in [1.165, 1.54) is 25.8 Å². The molecule has 1 atom stereocenters. The van der Waals surface area contributed by atoms with Gasteiger partial charge in [-0.1, -0.05) is 19.8 Å². The predicted octanol–water partition coefficient (Wildman–Crippen LogP) is 1.63. The number of hydrogen-bond donors (Lipinski definition) is 1. The Hall–Kier alpha value is -0.0800. The zero-order chi connectivity index (χ0) is 9.31. The van der Waals surface area contributed by atoms with Crippen molar-refractivity contribution in [3.63, 3.8) is 0 Å². The third kappa shape index (κ3) is 1.75. The molecule has 1 unspecified atom stereocenters. The minimum atomic E-state index is -0.288. The Morgan fingerprint density at radius 3 is 2.62 bits per heavy atom. The van der Waals surface area contributed by atoms with Gasteiger partial charge >= 0.3 is 0 Å². The van der Waals surface area contributed by atoms with E-state index in [9.17, 15) is 5.11 Å². The Kier molecular flexibility index (Phi) is 2.61. The van der Waals surface area contributed by atoms with Crippen LogP contribution in [0.3, 0.4) is 0 Å². The number of hydrogen-bond acceptors (Lipinski definition) is 2. The van der Waals surface area contributed by atoms with Crippen molar-refractivity contribution in [2.75, 3.05) is 19.6 Å². The number of aliphatic hydroxyl groups is 1. The van der Waals surface area contributed by atoms with Crippen LogP contribution in [0.2, 0.25) is 0 Å². The van der Waals surface area contributed by atoms with Crippen LogP contribution in [0.15, 0.2) is 0 Å². The Morgan fingerprint density at radius 2 is 2.08 bits per heavy atom. The molecule has 1 saturated carbocycles. The molecule has 0 aromatic heterocycles. The van der Waals surface area contributed by atoms with Crippen LogP contribution >= 0.6 is 0 Å². The summed E-state index contributed by atoms with van der Waals surface area (Å²) in [6.07, 6.45) is 5.78. The first-order valence-corrected chi connectivity index (χ1v) is 5.69. The van der Waals surface area contributed by atoms with E-state index in [1.807, 2.05) is 0 Å². The van der Waals surface area contributed by atoms with Gasteiger partial charge in [0.2, 0.25) is 0 Å². The molecule has 2 nitrogen and oxygen atoms in total. The van der Waals surface area contributed by atoms with E-state index >= 15 is 0 Å². The van der Waals surface area contributed by atoms with Gasteiger partial charge in [0, 0.05) is 12.5 Å². The van der Waals surface area contributed by atoms with Crippen molar-refractivity contribution >= 4 is 0 Å². The second kappa shape index (κ2) is 3.58. The van der Waals surface area contributed by atoms with E-state index in [2.05, 4.69) is 11.8 Å². The van der Waals surface area contributed by atoms with E-state index in [4.69, 9.17) is 0 Å². The van der Waals surface area contributed by atoms with Crippen molar-refractivity contribution < 1.29 is 5.11 Å². The molecule has 0 spiro atoms. The van der Waals surface area contributed by atoms with Crippen LogP contribution in [0.5, 0.6) is 0 Å². The molecule has 1 saturated heterocycles. The van der Waals surface area contributed by atoms with Crippen LogP contribution in [-0.2, 0) is 0 Å². The largest absolute Gasteiger partial charge is 0.390 e. The van der Waals surface area contributed by atoms with Gasteiger partial charge in [-0.2, -0.15) is 0 Å². The van der Waals surface area contributed by atoms with Gasteiger partial charge in [0.25, 0.3) is 0 Å². The lowest BCUT2D eigenvalue weighted by Gasteiger charge is -2.29. The highest BCUT2D eigenvalue weighted by Gasteiger charge is 2.41. The molecule has 13 heavy (non-hydrogen) atoms. The molecule has 1 aliphatic carbocycles. The first-order valence-electron chi connectivity index (χ1n) is 5.69. The standard InChI is InChI=1S/C11H21NO/c1-2-12-8-5-10(9-12)11(13)6-3-4-7-11/h10,13H,2-9H2,1H3. The average molecular weight is 183 g/mol. The number of rotatable bonds is 2. The molecule has 1 heterocycles. The van der Waals surface area contributed by atoms with Crippen molar-refractivity contribution in [2.45, 2.75) is 44.6 Å². The lowest BCUT2D eigenvalue weighted by atomic mass is 9.85. The van der Waals surface area contributed by atoms with Crippen molar-refractivity contribution in [1.29, 1.82) is 0 Å². The van der Waals surface area contributed by atoms with Crippen molar-refractivity contribution in [1.82, 2.24) is 4.90 Å². The highest BCUT2D eigenvalue weighted by molar-refractivity contribution is 4.95. The zero-order valence-corrected chi connectivity index (χ0v) is 8.63. The van der Waals surface area contributed by atoms with E-state index < -0.39 is 0 Å². The topological polar surface area (TPSA) is 23.5 Å². The van der Waals surface area contributed by atoms with E-state index in [1.54, 1.807) is 0 Å². The Balaban J connectivity index is 1.94.